The van der Waals surface area contributed by atoms with Crippen molar-refractivity contribution in [2.45, 2.75) is 53.4 Å². The zero-order valence-corrected chi connectivity index (χ0v) is 12.1. The van der Waals surface area contributed by atoms with Crippen molar-refractivity contribution in [3.8, 4) is 0 Å². The Hall–Kier alpha value is -1.69. The van der Waals surface area contributed by atoms with E-state index < -0.39 is 0 Å². The summed E-state index contributed by atoms with van der Waals surface area (Å²) in [5.41, 5.74) is 2.20. The number of nitrogens with one attached hydrogen (secondary N) is 1. The molecule has 0 saturated carbocycles. The summed E-state index contributed by atoms with van der Waals surface area (Å²) < 4.78 is 3.94. The fourth-order valence-electron chi connectivity index (χ4n) is 2.01. The van der Waals surface area contributed by atoms with Crippen molar-refractivity contribution >= 4 is 0 Å². The van der Waals surface area contributed by atoms with Gasteiger partial charge in [0.2, 0.25) is 0 Å². The van der Waals surface area contributed by atoms with E-state index in [1.165, 1.54) is 0 Å². The van der Waals surface area contributed by atoms with Gasteiger partial charge in [-0.2, -0.15) is 10.2 Å². The Kier molecular flexibility index (Phi) is 4.31. The molecule has 0 aliphatic heterocycles. The minimum atomic E-state index is 0.438. The van der Waals surface area contributed by atoms with Crippen LogP contribution in [0.2, 0.25) is 0 Å². The molecule has 0 fully saturated rings. The minimum Gasteiger partial charge on any atom is -0.308 e. The van der Waals surface area contributed by atoms with Crippen LogP contribution < -0.4 is 5.32 Å². The van der Waals surface area contributed by atoms with Crippen molar-refractivity contribution in [3.05, 3.63) is 29.6 Å². The predicted octanol–water partition coefficient (Wildman–Crippen LogP) is 1.35. The number of hydrogen-bond acceptors (Lipinski definition) is 4. The van der Waals surface area contributed by atoms with Crippen LogP contribution in [0.25, 0.3) is 0 Å². The van der Waals surface area contributed by atoms with Crippen LogP contribution in [0.4, 0.5) is 0 Å². The van der Waals surface area contributed by atoms with E-state index in [0.29, 0.717) is 12.6 Å². The lowest BCUT2D eigenvalue weighted by Gasteiger charge is -2.10. The Morgan fingerprint density at radius 1 is 1.32 bits per heavy atom. The zero-order valence-electron chi connectivity index (χ0n) is 12.1. The molecule has 0 bridgehead atoms. The average Bonchev–Trinajstić information content (AvgIpc) is 2.93. The van der Waals surface area contributed by atoms with Gasteiger partial charge in [-0.05, 0) is 19.9 Å². The molecule has 0 saturated heterocycles. The van der Waals surface area contributed by atoms with Gasteiger partial charge in [-0.1, -0.05) is 13.8 Å². The molecule has 104 valence electrons. The van der Waals surface area contributed by atoms with Crippen LogP contribution in [0.1, 0.15) is 38.0 Å². The molecule has 19 heavy (non-hydrogen) atoms. The lowest BCUT2D eigenvalue weighted by molar-refractivity contribution is 0.521. The van der Waals surface area contributed by atoms with Crippen LogP contribution in [0, 0.1) is 6.92 Å². The quantitative estimate of drug-likeness (QED) is 0.853. The molecule has 2 rings (SSSR count). The van der Waals surface area contributed by atoms with Gasteiger partial charge in [-0.3, -0.25) is 4.68 Å². The first-order chi connectivity index (χ1) is 9.10. The van der Waals surface area contributed by atoms with Gasteiger partial charge in [0.05, 0.1) is 24.5 Å². The van der Waals surface area contributed by atoms with Crippen LogP contribution in [0.3, 0.4) is 0 Å². The second kappa shape index (κ2) is 5.97. The monoisotopic (exact) mass is 262 g/mol. The average molecular weight is 262 g/mol. The maximum Gasteiger partial charge on any atom is 0.141 e. The first kappa shape index (κ1) is 13.7. The van der Waals surface area contributed by atoms with Gasteiger partial charge in [0.15, 0.2) is 0 Å². The molecule has 1 N–H and O–H groups in total. The third kappa shape index (κ3) is 3.41. The van der Waals surface area contributed by atoms with Gasteiger partial charge in [0.25, 0.3) is 0 Å². The van der Waals surface area contributed by atoms with Crippen molar-refractivity contribution < 1.29 is 0 Å². The smallest absolute Gasteiger partial charge is 0.141 e. The molecule has 6 nitrogen and oxygen atoms in total. The first-order valence-corrected chi connectivity index (χ1v) is 6.73. The maximum absolute atomic E-state index is 4.45. The highest BCUT2D eigenvalue weighted by Gasteiger charge is 2.09. The number of hydrogen-bond donors (Lipinski definition) is 1. The third-order valence-electron chi connectivity index (χ3n) is 2.96. The van der Waals surface area contributed by atoms with Crippen LogP contribution >= 0.6 is 0 Å². The van der Waals surface area contributed by atoms with E-state index in [4.69, 9.17) is 0 Å². The fraction of sp³-hybridized carbons (Fsp3) is 0.615. The van der Waals surface area contributed by atoms with Crippen LogP contribution in [0.5, 0.6) is 0 Å². The number of rotatable bonds is 6. The number of aromatic nitrogens is 5. The molecule has 0 radical (unpaired) electrons. The van der Waals surface area contributed by atoms with Crippen molar-refractivity contribution in [1.29, 1.82) is 0 Å². The molecule has 2 heterocycles. The highest BCUT2D eigenvalue weighted by Crippen LogP contribution is 2.07. The summed E-state index contributed by atoms with van der Waals surface area (Å²) in [4.78, 5) is 4.31. The largest absolute Gasteiger partial charge is 0.308 e. The number of aryl methyl sites for hydroxylation is 2. The lowest BCUT2D eigenvalue weighted by atomic mass is 10.3. The van der Waals surface area contributed by atoms with E-state index in [0.717, 1.165) is 30.3 Å². The molecule has 2 aromatic heterocycles. The molecule has 0 unspecified atom stereocenters. The molecule has 0 aromatic carbocycles. The molecule has 0 atom stereocenters. The summed E-state index contributed by atoms with van der Waals surface area (Å²) in [7, 11) is 0. The topological polar surface area (TPSA) is 60.6 Å². The van der Waals surface area contributed by atoms with Crippen molar-refractivity contribution in [1.82, 2.24) is 29.9 Å². The third-order valence-corrected chi connectivity index (χ3v) is 2.96. The molecular weight excluding hydrogens is 240 g/mol. The van der Waals surface area contributed by atoms with Gasteiger partial charge in [-0.25, -0.2) is 9.67 Å². The Balaban J connectivity index is 2.12. The van der Waals surface area contributed by atoms with Crippen LogP contribution in [-0.2, 0) is 19.6 Å². The Bertz CT molecular complexity index is 525. The molecule has 0 spiro atoms. The van der Waals surface area contributed by atoms with Gasteiger partial charge >= 0.3 is 0 Å². The minimum absolute atomic E-state index is 0.438. The molecule has 0 aliphatic carbocycles. The highest BCUT2D eigenvalue weighted by atomic mass is 15.4. The van der Waals surface area contributed by atoms with E-state index in [9.17, 15) is 0 Å². The molecule has 6 heteroatoms. The highest BCUT2D eigenvalue weighted by molar-refractivity contribution is 5.09. The van der Waals surface area contributed by atoms with Crippen LogP contribution in [-0.4, -0.2) is 30.6 Å². The summed E-state index contributed by atoms with van der Waals surface area (Å²) in [6.45, 7) is 10.7. The van der Waals surface area contributed by atoms with E-state index in [1.54, 1.807) is 6.33 Å². The van der Waals surface area contributed by atoms with Crippen molar-refractivity contribution in [2.75, 3.05) is 0 Å². The van der Waals surface area contributed by atoms with E-state index in [2.05, 4.69) is 47.3 Å². The maximum atomic E-state index is 4.45. The Morgan fingerprint density at radius 2 is 2.11 bits per heavy atom. The van der Waals surface area contributed by atoms with E-state index >= 15 is 0 Å². The van der Waals surface area contributed by atoms with Gasteiger partial charge in [0, 0.05) is 12.6 Å². The number of nitrogens with zero attached hydrogens (tertiary/aromatic N) is 5. The van der Waals surface area contributed by atoms with E-state index in [1.807, 2.05) is 16.3 Å². The molecule has 0 amide bonds. The molecule has 0 aliphatic rings. The van der Waals surface area contributed by atoms with Crippen LogP contribution in [0.15, 0.2) is 12.4 Å². The fourth-order valence-corrected chi connectivity index (χ4v) is 2.01. The van der Waals surface area contributed by atoms with E-state index in [-0.39, 0.29) is 0 Å². The normalized spacial score (nSPS) is 11.4. The molecular formula is C13H22N6. The lowest BCUT2D eigenvalue weighted by Crippen LogP contribution is -2.24. The second-order valence-electron chi connectivity index (χ2n) is 4.96. The second-order valence-corrected chi connectivity index (χ2v) is 4.96. The summed E-state index contributed by atoms with van der Waals surface area (Å²) in [5, 5.41) is 12.1. The first-order valence-electron chi connectivity index (χ1n) is 6.73. The summed E-state index contributed by atoms with van der Waals surface area (Å²) in [6, 6.07) is 2.54. The van der Waals surface area contributed by atoms with Crippen molar-refractivity contribution in [2.24, 2.45) is 0 Å². The summed E-state index contributed by atoms with van der Waals surface area (Å²) in [5.74, 6) is 0.954. The standard InChI is InChI=1S/C13H22N6/c1-5-18-12(6-11(4)17-18)8-19-13(15-9-16-19)7-14-10(2)3/h6,9-10,14H,5,7-8H2,1-4H3. The Labute approximate surface area is 113 Å². The molecule has 2 aromatic rings. The van der Waals surface area contributed by atoms with Gasteiger partial charge in [0.1, 0.15) is 12.2 Å². The zero-order chi connectivity index (χ0) is 13.8. The van der Waals surface area contributed by atoms with Gasteiger partial charge < -0.3 is 5.32 Å². The van der Waals surface area contributed by atoms with Gasteiger partial charge in [-0.15, -0.1) is 0 Å². The summed E-state index contributed by atoms with van der Waals surface area (Å²) in [6.07, 6.45) is 1.61. The predicted molar refractivity (Wildman–Crippen MR) is 73.7 cm³/mol. The SMILES string of the molecule is CCn1nc(C)cc1Cn1ncnc1CNC(C)C. The Morgan fingerprint density at radius 3 is 2.79 bits per heavy atom. The summed E-state index contributed by atoms with van der Waals surface area (Å²) >= 11 is 0. The van der Waals surface area contributed by atoms with Crippen molar-refractivity contribution in [3.63, 3.8) is 0 Å².